The van der Waals surface area contributed by atoms with Gasteiger partial charge >= 0.3 is 33.3 Å². The van der Waals surface area contributed by atoms with E-state index in [1.54, 1.807) is 12.2 Å². The monoisotopic (exact) mass is 1070 g/mol. The van der Waals surface area contributed by atoms with Gasteiger partial charge in [0.15, 0.2) is 12.3 Å². The first kappa shape index (κ1) is 65.5. The third-order valence-corrected chi connectivity index (χ3v) is 14.2. The summed E-state index contributed by atoms with van der Waals surface area (Å²) in [6.07, 6.45) is 33.4. The predicted octanol–water partition coefficient (Wildman–Crippen LogP) is 9.94. The minimum Gasteiger partial charge on any atom is -0.462 e. The average molecular weight is 1070 g/mol. The van der Waals surface area contributed by atoms with Crippen molar-refractivity contribution in [1.82, 2.24) is 9.55 Å². The summed E-state index contributed by atoms with van der Waals surface area (Å²) in [5.74, 6) is -0.623. The van der Waals surface area contributed by atoms with Crippen LogP contribution < -0.4 is 11.4 Å². The van der Waals surface area contributed by atoms with Crippen molar-refractivity contribution in [1.29, 1.82) is 0 Å². The lowest BCUT2D eigenvalue weighted by Crippen LogP contribution is -2.36. The third kappa shape index (κ3) is 32.5. The van der Waals surface area contributed by atoms with Crippen molar-refractivity contribution in [2.75, 3.05) is 25.6 Å². The molecule has 0 amide bonds. The Labute approximate surface area is 433 Å². The predicted molar refractivity (Wildman–Crippen MR) is 281 cm³/mol. The number of aliphatic hydroxyl groups excluding tert-OH is 3. The van der Waals surface area contributed by atoms with Gasteiger partial charge in [0.25, 0.3) is 0 Å². The minimum atomic E-state index is -5.45. The summed E-state index contributed by atoms with van der Waals surface area (Å²) >= 11 is 0. The van der Waals surface area contributed by atoms with E-state index < -0.39 is 89.8 Å². The van der Waals surface area contributed by atoms with Crippen molar-refractivity contribution in [2.45, 2.75) is 205 Å². The van der Waals surface area contributed by atoms with Gasteiger partial charge < -0.3 is 45.1 Å². The molecule has 7 N–H and O–H groups in total. The Bertz CT molecular complexity index is 1990. The van der Waals surface area contributed by atoms with Crippen LogP contribution in [-0.4, -0.2) is 96.9 Å². The Kier molecular flexibility index (Phi) is 34.9. The average Bonchev–Trinajstić information content (AvgIpc) is 3.61. The number of allylic oxidation sites excluding steroid dienone is 8. The van der Waals surface area contributed by atoms with Crippen molar-refractivity contribution in [2.24, 2.45) is 5.92 Å². The highest BCUT2D eigenvalue weighted by Gasteiger charge is 2.46. The molecule has 19 nitrogen and oxygen atoms in total. The molecule has 73 heavy (non-hydrogen) atoms. The van der Waals surface area contributed by atoms with Crippen LogP contribution >= 0.6 is 15.6 Å². The minimum absolute atomic E-state index is 0.0156. The van der Waals surface area contributed by atoms with Crippen molar-refractivity contribution < 1.29 is 71.4 Å². The van der Waals surface area contributed by atoms with E-state index in [9.17, 15) is 48.6 Å². The molecule has 0 saturated carbocycles. The first-order chi connectivity index (χ1) is 34.9. The summed E-state index contributed by atoms with van der Waals surface area (Å²) in [5, 5.41) is 31.0. The second kappa shape index (κ2) is 38.9. The number of nitrogen functional groups attached to an aromatic ring is 1. The van der Waals surface area contributed by atoms with Crippen LogP contribution in [0.5, 0.6) is 0 Å². The molecule has 0 radical (unpaired) electrons. The lowest BCUT2D eigenvalue weighted by Gasteiger charge is -2.21. The number of rotatable bonds is 42. The molecule has 2 heterocycles. The van der Waals surface area contributed by atoms with E-state index >= 15 is 0 Å². The molecule has 0 aliphatic carbocycles. The Morgan fingerprint density at radius 1 is 0.767 bits per heavy atom. The van der Waals surface area contributed by atoms with E-state index in [-0.39, 0.29) is 18.7 Å². The summed E-state index contributed by atoms with van der Waals surface area (Å²) < 4.78 is 56.7. The van der Waals surface area contributed by atoms with Crippen LogP contribution in [0.4, 0.5) is 5.82 Å². The zero-order valence-corrected chi connectivity index (χ0v) is 45.2. The molecular formula is C52H87N3O16P2. The highest BCUT2D eigenvalue weighted by Crippen LogP contribution is 2.60. The van der Waals surface area contributed by atoms with Crippen LogP contribution in [-0.2, 0) is 46.3 Å². The maximum Gasteiger partial charge on any atom is 0.481 e. The molecule has 8 atom stereocenters. The number of carbonyl (C=O) groups excluding carboxylic acids is 2. The number of phosphoric ester groups is 2. The Hall–Kier alpha value is -3.58. The highest BCUT2D eigenvalue weighted by molar-refractivity contribution is 7.61. The Morgan fingerprint density at radius 2 is 1.36 bits per heavy atom. The second-order valence-corrected chi connectivity index (χ2v) is 21.7. The molecule has 1 aromatic rings. The topological polar surface area (TPSA) is 286 Å². The van der Waals surface area contributed by atoms with Crippen LogP contribution in [0.15, 0.2) is 77.8 Å². The molecule has 0 bridgehead atoms. The van der Waals surface area contributed by atoms with Crippen LogP contribution in [0, 0.1) is 5.92 Å². The molecule has 416 valence electrons. The standard InChI is InChI=1S/C52H87N3O16P2/c1-4-5-6-7-23-28-33-43(56)34-29-24-19-16-17-20-25-30-35-47(57)66-39-44(69-48(58)36-31-26-21-15-13-11-9-8-10-12-14-18-22-27-32-42(2)3)40-67-72(62,63)71-73(64,65)68-41-45-49(59)50(60)51(70-45)55-38-37-46(53)54-52(55)61/h5-6,17,19-20,23-24,28-29,34,37-38,42-45,49-51,56,59-60H,4,7-16,18,21-22,25-27,30-33,35-36,39-41H2,1-3H3,(H,62,63)(H,64,65)(H2,53,54,61)/b6-5-,20-17-,24-19-,28-23-,34-29+/t43?,44-,45-,49-,50-,51-/m1/s1. The molecule has 1 aliphatic heterocycles. The maximum atomic E-state index is 12.9. The number of hydrogen-bond donors (Lipinski definition) is 6. The number of aromatic nitrogens is 2. The van der Waals surface area contributed by atoms with Crippen molar-refractivity contribution >= 4 is 33.4 Å². The fourth-order valence-electron chi connectivity index (χ4n) is 7.56. The first-order valence-electron chi connectivity index (χ1n) is 26.3. The van der Waals surface area contributed by atoms with Crippen LogP contribution in [0.25, 0.3) is 0 Å². The quantitative estimate of drug-likeness (QED) is 0.0117. The second-order valence-electron chi connectivity index (χ2n) is 18.7. The number of phosphoric acid groups is 2. The number of hydrogen-bond acceptors (Lipinski definition) is 16. The van der Waals surface area contributed by atoms with Crippen LogP contribution in [0.2, 0.25) is 0 Å². The third-order valence-electron chi connectivity index (χ3n) is 11.6. The normalized spacial score (nSPS) is 20.0. The molecular weight excluding hydrogens is 985 g/mol. The molecule has 0 spiro atoms. The molecule has 1 fully saturated rings. The molecule has 0 aromatic carbocycles. The van der Waals surface area contributed by atoms with Gasteiger partial charge in [-0.2, -0.15) is 9.29 Å². The zero-order chi connectivity index (χ0) is 53.7. The number of anilines is 1. The van der Waals surface area contributed by atoms with E-state index in [4.69, 9.17) is 29.0 Å². The SMILES string of the molecule is CC/C=C\C/C=C\CC(O)/C=C/C=C\C/C=C\CCCC(=O)OC[C@H](COP(=O)(O)OP(=O)(O)OC[C@H]1O[C@@H](n2ccc(N)nc2=O)[C@H](O)[C@@H]1O)OC(=O)CCCCCCCCCCCCCCCCC(C)C. The summed E-state index contributed by atoms with van der Waals surface area (Å²) in [7, 11) is -10.9. The Morgan fingerprint density at radius 3 is 2.00 bits per heavy atom. The van der Waals surface area contributed by atoms with Gasteiger partial charge in [0.1, 0.15) is 30.7 Å². The van der Waals surface area contributed by atoms with E-state index in [1.807, 2.05) is 36.5 Å². The van der Waals surface area contributed by atoms with E-state index in [1.165, 1.54) is 70.3 Å². The van der Waals surface area contributed by atoms with Crippen molar-refractivity contribution in [3.63, 3.8) is 0 Å². The van der Waals surface area contributed by atoms with Crippen LogP contribution in [0.3, 0.4) is 0 Å². The molecule has 3 unspecified atom stereocenters. The molecule has 1 aliphatic rings. The van der Waals surface area contributed by atoms with Crippen molar-refractivity contribution in [3.05, 3.63) is 83.5 Å². The number of esters is 2. The molecule has 21 heteroatoms. The van der Waals surface area contributed by atoms with Gasteiger partial charge in [0, 0.05) is 19.0 Å². The lowest BCUT2D eigenvalue weighted by atomic mass is 10.0. The number of nitrogens with two attached hydrogens (primary N) is 1. The summed E-state index contributed by atoms with van der Waals surface area (Å²) in [6.45, 7) is 4.23. The van der Waals surface area contributed by atoms with Gasteiger partial charge in [-0.05, 0) is 56.9 Å². The fourth-order valence-corrected chi connectivity index (χ4v) is 9.67. The van der Waals surface area contributed by atoms with Gasteiger partial charge in [-0.15, -0.1) is 0 Å². The molecule has 1 saturated heterocycles. The van der Waals surface area contributed by atoms with Gasteiger partial charge in [-0.25, -0.2) is 13.9 Å². The van der Waals surface area contributed by atoms with Gasteiger partial charge in [0.05, 0.1) is 19.3 Å². The number of unbranched alkanes of at least 4 members (excludes halogenated alkanes) is 14. The van der Waals surface area contributed by atoms with Gasteiger partial charge in [0.2, 0.25) is 0 Å². The summed E-state index contributed by atoms with van der Waals surface area (Å²) in [4.78, 5) is 62.0. The summed E-state index contributed by atoms with van der Waals surface area (Å²) in [6, 6.07) is 1.24. The largest absolute Gasteiger partial charge is 0.481 e. The number of nitrogens with zero attached hydrogens (tertiary/aromatic N) is 2. The van der Waals surface area contributed by atoms with E-state index in [0.717, 1.165) is 55.2 Å². The molecule has 1 aromatic heterocycles. The van der Waals surface area contributed by atoms with Gasteiger partial charge in [-0.1, -0.05) is 171 Å². The fraction of sp³-hybridized carbons (Fsp3) is 0.692. The van der Waals surface area contributed by atoms with E-state index in [2.05, 4.69) is 42.2 Å². The smallest absolute Gasteiger partial charge is 0.462 e. The Balaban J connectivity index is 1.83. The van der Waals surface area contributed by atoms with E-state index in [0.29, 0.717) is 32.1 Å². The number of aliphatic hydroxyl groups is 3. The highest BCUT2D eigenvalue weighted by atomic mass is 31.3. The lowest BCUT2D eigenvalue weighted by molar-refractivity contribution is -0.161. The number of carbonyl (C=O) groups is 2. The number of ether oxygens (including phenoxy) is 3. The molecule has 2 rings (SSSR count). The summed E-state index contributed by atoms with van der Waals surface area (Å²) in [5.41, 5.74) is 4.58. The maximum absolute atomic E-state index is 12.9. The van der Waals surface area contributed by atoms with Crippen LogP contribution in [0.1, 0.15) is 175 Å². The first-order valence-corrected chi connectivity index (χ1v) is 29.3. The zero-order valence-electron chi connectivity index (χ0n) is 43.4. The van der Waals surface area contributed by atoms with Crippen molar-refractivity contribution in [3.8, 4) is 0 Å². The van der Waals surface area contributed by atoms with Gasteiger partial charge in [-0.3, -0.25) is 23.2 Å².